The first-order valence-electron chi connectivity index (χ1n) is 16.0. The number of hydrogen-bond acceptors (Lipinski definition) is 6. The van der Waals surface area contributed by atoms with E-state index in [-0.39, 0.29) is 24.0 Å². The van der Waals surface area contributed by atoms with Crippen molar-refractivity contribution in [2.45, 2.75) is 155 Å². The Morgan fingerprint density at radius 3 is 1.73 bits per heavy atom. The number of unbranched alkanes of at least 4 members (excludes halogenated alkanes) is 12. The first-order chi connectivity index (χ1) is 19.5. The number of ketones is 1. The van der Waals surface area contributed by atoms with Crippen LogP contribution < -0.4 is 27.0 Å². The Kier molecular flexibility index (Phi) is 22.8. The summed E-state index contributed by atoms with van der Waals surface area (Å²) in [6.45, 7) is 12.9. The molecule has 0 aromatic rings. The molecule has 0 saturated carbocycles. The van der Waals surface area contributed by atoms with Gasteiger partial charge in [0.2, 0.25) is 17.7 Å². The number of nitrogens with two attached hydrogens (primary N) is 1. The third kappa shape index (κ3) is 20.2. The predicted molar refractivity (Wildman–Crippen MR) is 168 cm³/mol. The maximum Gasteiger partial charge on any atom is 0.243 e. The van der Waals surface area contributed by atoms with Gasteiger partial charge in [0.1, 0.15) is 12.1 Å². The Morgan fingerprint density at radius 2 is 1.27 bits per heavy atom. The van der Waals surface area contributed by atoms with Crippen molar-refractivity contribution in [3.8, 4) is 0 Å². The van der Waals surface area contributed by atoms with E-state index >= 15 is 0 Å². The van der Waals surface area contributed by atoms with Crippen molar-refractivity contribution < 1.29 is 19.2 Å². The van der Waals surface area contributed by atoms with Crippen molar-refractivity contribution in [2.24, 2.45) is 11.7 Å². The number of Topliss-reactive ketones (excluding diaryl/α,β-unsaturated/α-hetero) is 1. The minimum Gasteiger partial charge on any atom is -0.390 e. The third-order valence-electron chi connectivity index (χ3n) is 7.44. The van der Waals surface area contributed by atoms with Crippen LogP contribution in [-0.2, 0) is 19.2 Å². The molecule has 9 nitrogen and oxygen atoms in total. The van der Waals surface area contributed by atoms with Crippen LogP contribution in [0.5, 0.6) is 0 Å². The standard InChI is InChI=1S/C32H61N5O4/c1-7-9-10-11-12-13-14-15-16-17-18-19-20-21-29(39)37-30(24(3)4)32(41)36-28(22-27(33)23-34-8-2)31(40)35-25(5)26(6)38/h8,24-25,27-28,30,34H,2,7,9-23,33H2,1,3-6H3,(H,35,40)(H,36,41)(H,37,39)/t25-,27?,28-,30-/m0/s1. The van der Waals surface area contributed by atoms with Crippen LogP contribution in [0.1, 0.15) is 131 Å². The van der Waals surface area contributed by atoms with Crippen molar-refractivity contribution in [3.63, 3.8) is 0 Å². The van der Waals surface area contributed by atoms with Crippen LogP contribution >= 0.6 is 0 Å². The highest BCUT2D eigenvalue weighted by Crippen LogP contribution is 2.13. The smallest absolute Gasteiger partial charge is 0.243 e. The molecule has 238 valence electrons. The molecule has 4 atom stereocenters. The van der Waals surface area contributed by atoms with E-state index in [0.717, 1.165) is 19.3 Å². The molecule has 0 radical (unpaired) electrons. The summed E-state index contributed by atoms with van der Waals surface area (Å²) in [5.41, 5.74) is 6.14. The SMILES string of the molecule is C=CNCC(N)C[C@H](NC(=O)[C@@H](NC(=O)CCCCCCCCCCCCCCC)C(C)C)C(=O)N[C@@H](C)C(C)=O. The molecule has 0 spiro atoms. The third-order valence-corrected chi connectivity index (χ3v) is 7.44. The molecule has 0 aromatic carbocycles. The first-order valence-corrected chi connectivity index (χ1v) is 16.0. The van der Waals surface area contributed by atoms with Crippen LogP contribution in [-0.4, -0.2) is 54.2 Å². The van der Waals surface area contributed by atoms with Gasteiger partial charge in [0.25, 0.3) is 0 Å². The molecule has 0 heterocycles. The lowest BCUT2D eigenvalue weighted by Gasteiger charge is -2.27. The van der Waals surface area contributed by atoms with Gasteiger partial charge in [-0.1, -0.05) is 104 Å². The lowest BCUT2D eigenvalue weighted by molar-refractivity contribution is -0.134. The molecule has 41 heavy (non-hydrogen) atoms. The van der Waals surface area contributed by atoms with Gasteiger partial charge in [0.05, 0.1) is 6.04 Å². The Balaban J connectivity index is 4.62. The van der Waals surface area contributed by atoms with Crippen molar-refractivity contribution >= 4 is 23.5 Å². The Labute approximate surface area is 250 Å². The minimum absolute atomic E-state index is 0.154. The summed E-state index contributed by atoms with van der Waals surface area (Å²) in [5.74, 6) is -1.47. The number of nitrogens with one attached hydrogen (secondary N) is 4. The van der Waals surface area contributed by atoms with E-state index in [2.05, 4.69) is 34.8 Å². The van der Waals surface area contributed by atoms with Crippen molar-refractivity contribution in [3.05, 3.63) is 12.8 Å². The van der Waals surface area contributed by atoms with E-state index in [1.807, 2.05) is 13.8 Å². The van der Waals surface area contributed by atoms with E-state index in [9.17, 15) is 19.2 Å². The highest BCUT2D eigenvalue weighted by molar-refractivity contribution is 5.94. The average Bonchev–Trinajstić information content (AvgIpc) is 2.92. The molecule has 9 heteroatoms. The quantitative estimate of drug-likeness (QED) is 0.0945. The second-order valence-electron chi connectivity index (χ2n) is 11.8. The van der Waals surface area contributed by atoms with Gasteiger partial charge in [0.15, 0.2) is 5.78 Å². The summed E-state index contributed by atoms with van der Waals surface area (Å²) < 4.78 is 0. The van der Waals surface area contributed by atoms with Crippen molar-refractivity contribution in [1.29, 1.82) is 0 Å². The second-order valence-corrected chi connectivity index (χ2v) is 11.8. The molecule has 3 amide bonds. The van der Waals surface area contributed by atoms with Gasteiger partial charge >= 0.3 is 0 Å². The highest BCUT2D eigenvalue weighted by Gasteiger charge is 2.30. The number of carbonyl (C=O) groups is 4. The number of hydrogen-bond donors (Lipinski definition) is 5. The number of amides is 3. The van der Waals surface area contributed by atoms with Gasteiger partial charge in [0, 0.05) is 19.0 Å². The van der Waals surface area contributed by atoms with Crippen molar-refractivity contribution in [1.82, 2.24) is 21.3 Å². The zero-order valence-electron chi connectivity index (χ0n) is 26.7. The fraction of sp³-hybridized carbons (Fsp3) is 0.812. The van der Waals surface area contributed by atoms with Gasteiger partial charge in [-0.05, 0) is 38.8 Å². The zero-order valence-corrected chi connectivity index (χ0v) is 26.7. The molecule has 0 aliphatic heterocycles. The molecule has 0 aromatic heterocycles. The molecule has 0 saturated heterocycles. The molecule has 1 unspecified atom stereocenters. The summed E-state index contributed by atoms with van der Waals surface area (Å²) in [6.07, 6.45) is 18.1. The fourth-order valence-electron chi connectivity index (χ4n) is 4.61. The molecule has 0 bridgehead atoms. The Morgan fingerprint density at radius 1 is 0.756 bits per heavy atom. The normalized spacial score (nSPS) is 14.0. The number of carbonyl (C=O) groups excluding carboxylic acids is 4. The molecular formula is C32H61N5O4. The summed E-state index contributed by atoms with van der Waals surface area (Å²) >= 11 is 0. The Bertz CT molecular complexity index is 758. The molecule has 0 aliphatic carbocycles. The monoisotopic (exact) mass is 579 g/mol. The van der Waals surface area contributed by atoms with Gasteiger partial charge < -0.3 is 27.0 Å². The molecule has 0 rings (SSSR count). The molecular weight excluding hydrogens is 518 g/mol. The second kappa shape index (κ2) is 24.2. The van der Waals surface area contributed by atoms with Crippen molar-refractivity contribution in [2.75, 3.05) is 6.54 Å². The van der Waals surface area contributed by atoms with E-state index in [4.69, 9.17) is 5.73 Å². The van der Waals surface area contributed by atoms with E-state index in [1.54, 1.807) is 6.92 Å². The topological polar surface area (TPSA) is 142 Å². The van der Waals surface area contributed by atoms with E-state index < -0.39 is 36.0 Å². The maximum atomic E-state index is 13.2. The van der Waals surface area contributed by atoms with Crippen LogP contribution in [0.4, 0.5) is 0 Å². The predicted octanol–water partition coefficient (Wildman–Crippen LogP) is 4.64. The highest BCUT2D eigenvalue weighted by atomic mass is 16.2. The van der Waals surface area contributed by atoms with Gasteiger partial charge in [-0.2, -0.15) is 0 Å². The maximum absolute atomic E-state index is 13.2. The van der Waals surface area contributed by atoms with Crippen LogP contribution in [0, 0.1) is 5.92 Å². The van der Waals surface area contributed by atoms with Crippen LogP contribution in [0.3, 0.4) is 0 Å². The van der Waals surface area contributed by atoms with E-state index in [1.165, 1.54) is 77.3 Å². The zero-order chi connectivity index (χ0) is 31.0. The fourth-order valence-corrected chi connectivity index (χ4v) is 4.61. The minimum atomic E-state index is -0.954. The van der Waals surface area contributed by atoms with Crippen LogP contribution in [0.15, 0.2) is 12.8 Å². The lowest BCUT2D eigenvalue weighted by atomic mass is 10.0. The average molecular weight is 580 g/mol. The van der Waals surface area contributed by atoms with Crippen LogP contribution in [0.25, 0.3) is 0 Å². The summed E-state index contributed by atoms with van der Waals surface area (Å²) in [7, 11) is 0. The summed E-state index contributed by atoms with van der Waals surface area (Å²) in [4.78, 5) is 50.4. The number of rotatable bonds is 26. The first kappa shape index (κ1) is 38.6. The van der Waals surface area contributed by atoms with Gasteiger partial charge in [-0.15, -0.1) is 0 Å². The van der Waals surface area contributed by atoms with Gasteiger partial charge in [-0.25, -0.2) is 0 Å². The lowest BCUT2D eigenvalue weighted by Crippen LogP contribution is -2.58. The summed E-state index contributed by atoms with van der Waals surface area (Å²) in [6, 6.07) is -2.87. The van der Waals surface area contributed by atoms with Gasteiger partial charge in [-0.3, -0.25) is 19.2 Å². The largest absolute Gasteiger partial charge is 0.390 e. The molecule has 0 aliphatic rings. The van der Waals surface area contributed by atoms with E-state index in [0.29, 0.717) is 13.0 Å². The summed E-state index contributed by atoms with van der Waals surface area (Å²) in [5, 5.41) is 11.2. The Hall–Kier alpha value is -2.42. The molecule has 6 N–H and O–H groups in total. The molecule has 0 fully saturated rings. The van der Waals surface area contributed by atoms with Crippen LogP contribution in [0.2, 0.25) is 0 Å².